The summed E-state index contributed by atoms with van der Waals surface area (Å²) in [6.07, 6.45) is 0.784. The molecule has 12 heavy (non-hydrogen) atoms. The second-order valence-electron chi connectivity index (χ2n) is 2.49. The summed E-state index contributed by atoms with van der Waals surface area (Å²) in [6, 6.07) is 0. The molecule has 0 bridgehead atoms. The summed E-state index contributed by atoms with van der Waals surface area (Å²) in [6.45, 7) is 3.06. The molecule has 0 aliphatic rings. The molecule has 0 aromatic carbocycles. The van der Waals surface area contributed by atoms with E-state index < -0.39 is 9.84 Å². The van der Waals surface area contributed by atoms with Gasteiger partial charge in [0.2, 0.25) is 0 Å². The van der Waals surface area contributed by atoms with Crippen LogP contribution in [0.4, 0.5) is 0 Å². The van der Waals surface area contributed by atoms with Crippen LogP contribution in [0.15, 0.2) is 0 Å². The van der Waals surface area contributed by atoms with Crippen molar-refractivity contribution in [1.29, 1.82) is 0 Å². The summed E-state index contributed by atoms with van der Waals surface area (Å²) < 4.78 is 26.9. The maximum absolute atomic E-state index is 10.9. The van der Waals surface area contributed by atoms with Crippen molar-refractivity contribution in [2.24, 2.45) is 5.73 Å². The molecule has 0 radical (unpaired) electrons. The third-order valence-corrected chi connectivity index (χ3v) is 3.14. The molecule has 2 N–H and O–H groups in total. The lowest BCUT2D eigenvalue weighted by atomic mass is 10.5. The predicted molar refractivity (Wildman–Crippen MR) is 48.8 cm³/mol. The molecule has 0 unspecified atom stereocenters. The SMILES string of the molecule is CCS(=O)(=O)CCOCCCN. The van der Waals surface area contributed by atoms with Crippen molar-refractivity contribution in [3.8, 4) is 0 Å². The van der Waals surface area contributed by atoms with Crippen molar-refractivity contribution < 1.29 is 13.2 Å². The second-order valence-corrected chi connectivity index (χ2v) is 4.96. The minimum Gasteiger partial charge on any atom is -0.380 e. The quantitative estimate of drug-likeness (QED) is 0.570. The molecule has 4 nitrogen and oxygen atoms in total. The van der Waals surface area contributed by atoms with Crippen LogP contribution in [0.25, 0.3) is 0 Å². The van der Waals surface area contributed by atoms with Gasteiger partial charge in [-0.15, -0.1) is 0 Å². The summed E-state index contributed by atoms with van der Waals surface area (Å²) >= 11 is 0. The summed E-state index contributed by atoms with van der Waals surface area (Å²) in [4.78, 5) is 0. The first-order chi connectivity index (χ1) is 5.62. The Labute approximate surface area is 74.0 Å². The monoisotopic (exact) mass is 195 g/mol. The maximum Gasteiger partial charge on any atom is 0.152 e. The number of rotatable bonds is 7. The van der Waals surface area contributed by atoms with Crippen LogP contribution in [0.2, 0.25) is 0 Å². The Morgan fingerprint density at radius 1 is 1.33 bits per heavy atom. The van der Waals surface area contributed by atoms with E-state index in [1.807, 2.05) is 0 Å². The molecule has 74 valence electrons. The average molecular weight is 195 g/mol. The fraction of sp³-hybridized carbons (Fsp3) is 1.00. The Kier molecular flexibility index (Phi) is 6.32. The van der Waals surface area contributed by atoms with Crippen molar-refractivity contribution in [3.05, 3.63) is 0 Å². The lowest BCUT2D eigenvalue weighted by Crippen LogP contribution is -2.15. The number of hydrogen-bond donors (Lipinski definition) is 1. The van der Waals surface area contributed by atoms with Crippen LogP contribution in [-0.2, 0) is 14.6 Å². The minimum atomic E-state index is -2.86. The van der Waals surface area contributed by atoms with E-state index in [4.69, 9.17) is 10.5 Å². The van der Waals surface area contributed by atoms with Crippen LogP contribution in [-0.4, -0.2) is 39.7 Å². The highest BCUT2D eigenvalue weighted by Crippen LogP contribution is 1.90. The first-order valence-electron chi connectivity index (χ1n) is 4.10. The molecule has 0 aromatic rings. The van der Waals surface area contributed by atoms with Crippen molar-refractivity contribution in [3.63, 3.8) is 0 Å². The Hall–Kier alpha value is -0.130. The molecule has 0 spiro atoms. The maximum atomic E-state index is 10.9. The van der Waals surface area contributed by atoms with Gasteiger partial charge in [-0.1, -0.05) is 6.92 Å². The first kappa shape index (κ1) is 11.9. The molecular formula is C7H17NO3S. The number of hydrogen-bond acceptors (Lipinski definition) is 4. The van der Waals surface area contributed by atoms with Gasteiger partial charge in [-0.3, -0.25) is 0 Å². The van der Waals surface area contributed by atoms with Gasteiger partial charge in [0.1, 0.15) is 0 Å². The van der Waals surface area contributed by atoms with Gasteiger partial charge in [0, 0.05) is 12.4 Å². The van der Waals surface area contributed by atoms with Crippen LogP contribution in [0.3, 0.4) is 0 Å². The first-order valence-corrected chi connectivity index (χ1v) is 5.92. The van der Waals surface area contributed by atoms with E-state index in [0.717, 1.165) is 6.42 Å². The lowest BCUT2D eigenvalue weighted by Gasteiger charge is -2.02. The van der Waals surface area contributed by atoms with E-state index in [-0.39, 0.29) is 18.1 Å². The van der Waals surface area contributed by atoms with Gasteiger partial charge < -0.3 is 10.5 Å². The second kappa shape index (κ2) is 6.39. The average Bonchev–Trinajstić information content (AvgIpc) is 2.04. The Morgan fingerprint density at radius 2 is 2.00 bits per heavy atom. The summed E-state index contributed by atoms with van der Waals surface area (Å²) in [5, 5.41) is 0. The number of nitrogens with two attached hydrogens (primary N) is 1. The normalized spacial score (nSPS) is 11.8. The molecule has 0 amide bonds. The van der Waals surface area contributed by atoms with Gasteiger partial charge in [-0.05, 0) is 13.0 Å². The van der Waals surface area contributed by atoms with Crippen LogP contribution in [0, 0.1) is 0 Å². The highest BCUT2D eigenvalue weighted by atomic mass is 32.2. The molecule has 0 aliphatic heterocycles. The summed E-state index contributed by atoms with van der Waals surface area (Å²) in [7, 11) is -2.86. The van der Waals surface area contributed by atoms with Crippen LogP contribution in [0.5, 0.6) is 0 Å². The van der Waals surface area contributed by atoms with E-state index in [0.29, 0.717) is 13.2 Å². The van der Waals surface area contributed by atoms with Gasteiger partial charge in [0.05, 0.1) is 12.4 Å². The molecule has 0 atom stereocenters. The third kappa shape index (κ3) is 6.57. The van der Waals surface area contributed by atoms with Crippen LogP contribution < -0.4 is 5.73 Å². The molecule has 0 aliphatic carbocycles. The molecule has 0 fully saturated rings. The largest absolute Gasteiger partial charge is 0.380 e. The molecule has 5 heteroatoms. The van der Waals surface area contributed by atoms with Crippen molar-refractivity contribution in [2.45, 2.75) is 13.3 Å². The molecular weight excluding hydrogens is 178 g/mol. The third-order valence-electron chi connectivity index (χ3n) is 1.47. The number of sulfone groups is 1. The fourth-order valence-electron chi connectivity index (χ4n) is 0.618. The molecule has 0 rings (SSSR count). The van der Waals surface area contributed by atoms with Gasteiger partial charge in [-0.2, -0.15) is 0 Å². The van der Waals surface area contributed by atoms with Crippen LogP contribution in [0.1, 0.15) is 13.3 Å². The smallest absolute Gasteiger partial charge is 0.152 e. The zero-order chi connectivity index (χ0) is 9.45. The van der Waals surface area contributed by atoms with Gasteiger partial charge >= 0.3 is 0 Å². The lowest BCUT2D eigenvalue weighted by molar-refractivity contribution is 0.148. The molecule has 0 saturated carbocycles. The van der Waals surface area contributed by atoms with E-state index in [9.17, 15) is 8.42 Å². The van der Waals surface area contributed by atoms with Gasteiger partial charge in [0.15, 0.2) is 9.84 Å². The zero-order valence-electron chi connectivity index (χ0n) is 7.45. The van der Waals surface area contributed by atoms with E-state index >= 15 is 0 Å². The van der Waals surface area contributed by atoms with E-state index in [1.54, 1.807) is 6.92 Å². The van der Waals surface area contributed by atoms with Crippen molar-refractivity contribution in [2.75, 3.05) is 31.3 Å². The van der Waals surface area contributed by atoms with Gasteiger partial charge in [-0.25, -0.2) is 8.42 Å². The molecule has 0 heterocycles. The molecule has 0 aromatic heterocycles. The standard InChI is InChI=1S/C7H17NO3S/c1-2-12(9,10)7-6-11-5-3-4-8/h2-8H2,1H3. The summed E-state index contributed by atoms with van der Waals surface area (Å²) in [5.74, 6) is 0.307. The van der Waals surface area contributed by atoms with Crippen molar-refractivity contribution in [1.82, 2.24) is 0 Å². The highest BCUT2D eigenvalue weighted by Gasteiger charge is 2.05. The van der Waals surface area contributed by atoms with Gasteiger partial charge in [0.25, 0.3) is 0 Å². The minimum absolute atomic E-state index is 0.119. The van der Waals surface area contributed by atoms with E-state index in [2.05, 4.69) is 0 Å². The fourth-order valence-corrected chi connectivity index (χ4v) is 1.28. The highest BCUT2D eigenvalue weighted by molar-refractivity contribution is 7.91. The summed E-state index contributed by atoms with van der Waals surface area (Å²) in [5.41, 5.74) is 5.22. The van der Waals surface area contributed by atoms with E-state index in [1.165, 1.54) is 0 Å². The van der Waals surface area contributed by atoms with Crippen LogP contribution >= 0.6 is 0 Å². The molecule has 0 saturated heterocycles. The Bertz CT molecular complexity index is 189. The predicted octanol–water partition coefficient (Wildman–Crippen LogP) is -0.213. The zero-order valence-corrected chi connectivity index (χ0v) is 8.27. The van der Waals surface area contributed by atoms with Crippen molar-refractivity contribution >= 4 is 9.84 Å². The number of ether oxygens (including phenoxy) is 1. The Balaban J connectivity index is 3.32. The topological polar surface area (TPSA) is 69.4 Å². The Morgan fingerprint density at radius 3 is 2.50 bits per heavy atom.